The van der Waals surface area contributed by atoms with Gasteiger partial charge in [0.2, 0.25) is 0 Å². The van der Waals surface area contributed by atoms with Crippen LogP contribution in [0.25, 0.3) is 0 Å². The molecule has 1 rings (SSSR count). The van der Waals surface area contributed by atoms with Gasteiger partial charge < -0.3 is 20.9 Å². The van der Waals surface area contributed by atoms with Crippen molar-refractivity contribution in [2.75, 3.05) is 12.4 Å². The quantitative estimate of drug-likeness (QED) is 0.631. The fourth-order valence-corrected chi connectivity index (χ4v) is 1.16. The number of aliphatic carboxylic acids is 1. The van der Waals surface area contributed by atoms with Crippen LogP contribution >= 0.6 is 0 Å². The molecule has 0 saturated heterocycles. The normalized spacial score (nSPS) is 9.47. The Morgan fingerprint density at radius 1 is 1.35 bits per heavy atom. The second-order valence-corrected chi connectivity index (χ2v) is 3.04. The molecule has 0 fully saturated rings. The van der Waals surface area contributed by atoms with Crippen molar-refractivity contribution in [3.63, 3.8) is 0 Å². The van der Waals surface area contributed by atoms with E-state index in [-0.39, 0.29) is 17.0 Å². The largest absolute Gasteiger partial charge is 0.496 e. The molecule has 4 N–H and O–H groups in total. The lowest BCUT2D eigenvalue weighted by Gasteiger charge is -2.08. The van der Waals surface area contributed by atoms with E-state index >= 15 is 0 Å². The predicted octanol–water partition coefficient (Wildman–Crippen LogP) is -0.183. The summed E-state index contributed by atoms with van der Waals surface area (Å²) in [5.74, 6) is -3.33. The highest BCUT2D eigenvalue weighted by Gasteiger charge is 2.14. The minimum atomic E-state index is -1.62. The number of nitrogens with one attached hydrogen (secondary N) is 1. The number of anilines is 1. The van der Waals surface area contributed by atoms with Crippen LogP contribution in [-0.2, 0) is 9.59 Å². The van der Waals surface area contributed by atoms with Crippen LogP contribution in [0.4, 0.5) is 5.69 Å². The number of amides is 2. The Bertz CT molecular complexity index is 484. The van der Waals surface area contributed by atoms with E-state index in [1.165, 1.54) is 25.3 Å². The van der Waals surface area contributed by atoms with E-state index in [2.05, 4.69) is 5.32 Å². The van der Waals surface area contributed by atoms with Crippen LogP contribution in [0.5, 0.6) is 5.75 Å². The van der Waals surface area contributed by atoms with Crippen LogP contribution in [0, 0.1) is 0 Å². The van der Waals surface area contributed by atoms with Gasteiger partial charge in [0.25, 0.3) is 5.91 Å². The third-order valence-electron chi connectivity index (χ3n) is 1.92. The smallest absolute Gasteiger partial charge is 0.394 e. The molecule has 7 heteroatoms. The van der Waals surface area contributed by atoms with E-state index in [0.717, 1.165) is 0 Å². The summed E-state index contributed by atoms with van der Waals surface area (Å²) in [7, 11) is 1.36. The SMILES string of the molecule is COc1ccc(NC(=O)C(=O)O)cc1C(N)=O. The Balaban J connectivity index is 3.04. The molecule has 0 aliphatic rings. The lowest BCUT2D eigenvalue weighted by molar-refractivity contribution is -0.147. The average molecular weight is 238 g/mol. The number of rotatable bonds is 3. The molecule has 0 radical (unpaired) electrons. The van der Waals surface area contributed by atoms with Crippen molar-refractivity contribution >= 4 is 23.5 Å². The van der Waals surface area contributed by atoms with Crippen LogP contribution in [0.3, 0.4) is 0 Å². The number of nitrogens with two attached hydrogens (primary N) is 1. The molecule has 0 saturated carbocycles. The third-order valence-corrected chi connectivity index (χ3v) is 1.92. The van der Waals surface area contributed by atoms with Crippen molar-refractivity contribution in [1.82, 2.24) is 0 Å². The summed E-state index contributed by atoms with van der Waals surface area (Å²) in [5.41, 5.74) is 5.30. The molecule has 0 aliphatic heterocycles. The standard InChI is InChI=1S/C10H10N2O5/c1-17-7-3-2-5(4-6(7)8(11)13)12-9(14)10(15)16/h2-4H,1H3,(H2,11,13)(H,12,14)(H,15,16). The van der Waals surface area contributed by atoms with Crippen LogP contribution in [0.15, 0.2) is 18.2 Å². The lowest BCUT2D eigenvalue weighted by atomic mass is 10.1. The number of benzene rings is 1. The summed E-state index contributed by atoms with van der Waals surface area (Å²) >= 11 is 0. The van der Waals surface area contributed by atoms with Crippen LogP contribution < -0.4 is 15.8 Å². The topological polar surface area (TPSA) is 119 Å². The van der Waals surface area contributed by atoms with E-state index in [4.69, 9.17) is 15.6 Å². The number of carbonyl (C=O) groups is 3. The summed E-state index contributed by atoms with van der Waals surface area (Å²) in [6.07, 6.45) is 0. The van der Waals surface area contributed by atoms with Crippen molar-refractivity contribution in [3.8, 4) is 5.75 Å². The van der Waals surface area contributed by atoms with E-state index in [1.807, 2.05) is 0 Å². The minimum Gasteiger partial charge on any atom is -0.496 e. The molecule has 90 valence electrons. The molecule has 0 atom stereocenters. The molecule has 0 aliphatic carbocycles. The van der Waals surface area contributed by atoms with Gasteiger partial charge in [-0.1, -0.05) is 0 Å². The maximum atomic E-state index is 11.1. The Hall–Kier alpha value is -2.57. The number of carboxylic acids is 1. The van der Waals surface area contributed by atoms with Crippen molar-refractivity contribution < 1.29 is 24.2 Å². The van der Waals surface area contributed by atoms with Crippen molar-refractivity contribution in [2.24, 2.45) is 5.73 Å². The first kappa shape index (κ1) is 12.5. The van der Waals surface area contributed by atoms with Crippen molar-refractivity contribution in [3.05, 3.63) is 23.8 Å². The first-order valence-corrected chi connectivity index (χ1v) is 4.48. The Kier molecular flexibility index (Phi) is 3.66. The molecule has 0 bridgehead atoms. The number of carboxylic acid groups (broad SMARTS) is 1. The van der Waals surface area contributed by atoms with E-state index < -0.39 is 17.8 Å². The van der Waals surface area contributed by atoms with Gasteiger partial charge in [-0.2, -0.15) is 0 Å². The highest BCUT2D eigenvalue weighted by molar-refractivity contribution is 6.36. The van der Waals surface area contributed by atoms with E-state index in [1.54, 1.807) is 0 Å². The first-order valence-electron chi connectivity index (χ1n) is 4.48. The van der Waals surface area contributed by atoms with Crippen LogP contribution in [0.1, 0.15) is 10.4 Å². The van der Waals surface area contributed by atoms with Gasteiger partial charge in [0.15, 0.2) is 0 Å². The highest BCUT2D eigenvalue weighted by atomic mass is 16.5. The summed E-state index contributed by atoms with van der Waals surface area (Å²) in [6.45, 7) is 0. The molecule has 0 heterocycles. The fourth-order valence-electron chi connectivity index (χ4n) is 1.16. The number of carbonyl (C=O) groups excluding carboxylic acids is 2. The third kappa shape index (κ3) is 2.94. The van der Waals surface area contributed by atoms with E-state index in [0.29, 0.717) is 0 Å². The molecular formula is C10H10N2O5. The minimum absolute atomic E-state index is 0.0516. The van der Waals surface area contributed by atoms with Crippen molar-refractivity contribution in [2.45, 2.75) is 0 Å². The van der Waals surface area contributed by atoms with Crippen LogP contribution in [-0.4, -0.2) is 30.0 Å². The zero-order valence-electron chi connectivity index (χ0n) is 8.89. The first-order chi connectivity index (χ1) is 7.95. The Morgan fingerprint density at radius 2 is 2.00 bits per heavy atom. The number of hydrogen-bond acceptors (Lipinski definition) is 4. The molecular weight excluding hydrogens is 228 g/mol. The fraction of sp³-hybridized carbons (Fsp3) is 0.100. The summed E-state index contributed by atoms with van der Waals surface area (Å²) in [5, 5.41) is 10.5. The Morgan fingerprint density at radius 3 is 2.47 bits per heavy atom. The second kappa shape index (κ2) is 4.97. The molecule has 0 aromatic heterocycles. The molecule has 7 nitrogen and oxygen atoms in total. The maximum Gasteiger partial charge on any atom is 0.394 e. The van der Waals surface area contributed by atoms with E-state index in [9.17, 15) is 14.4 Å². The molecule has 0 unspecified atom stereocenters. The zero-order valence-corrected chi connectivity index (χ0v) is 8.89. The van der Waals surface area contributed by atoms with Gasteiger partial charge in [0.05, 0.1) is 12.7 Å². The second-order valence-electron chi connectivity index (χ2n) is 3.04. The van der Waals surface area contributed by atoms with Crippen molar-refractivity contribution in [1.29, 1.82) is 0 Å². The van der Waals surface area contributed by atoms with Gasteiger partial charge in [-0.25, -0.2) is 4.79 Å². The number of ether oxygens (including phenoxy) is 1. The number of methoxy groups -OCH3 is 1. The maximum absolute atomic E-state index is 11.1. The Labute approximate surface area is 96.2 Å². The van der Waals surface area contributed by atoms with Gasteiger partial charge >= 0.3 is 11.9 Å². The van der Waals surface area contributed by atoms with Gasteiger partial charge in [-0.3, -0.25) is 9.59 Å². The molecule has 1 aromatic rings. The van der Waals surface area contributed by atoms with Gasteiger partial charge in [-0.05, 0) is 18.2 Å². The summed E-state index contributed by atoms with van der Waals surface area (Å²) in [6, 6.07) is 4.03. The molecule has 1 aromatic carbocycles. The molecule has 17 heavy (non-hydrogen) atoms. The summed E-state index contributed by atoms with van der Waals surface area (Å²) in [4.78, 5) is 32.3. The summed E-state index contributed by atoms with van der Waals surface area (Å²) < 4.78 is 4.88. The molecule has 2 amide bonds. The number of primary amides is 1. The number of hydrogen-bond donors (Lipinski definition) is 3. The van der Waals surface area contributed by atoms with Gasteiger partial charge in [0, 0.05) is 5.69 Å². The highest BCUT2D eigenvalue weighted by Crippen LogP contribution is 2.22. The monoisotopic (exact) mass is 238 g/mol. The average Bonchev–Trinajstić information content (AvgIpc) is 2.28. The zero-order chi connectivity index (χ0) is 13.0. The van der Waals surface area contributed by atoms with Gasteiger partial charge in [0.1, 0.15) is 5.75 Å². The molecule has 0 spiro atoms. The lowest BCUT2D eigenvalue weighted by Crippen LogP contribution is -2.22. The van der Waals surface area contributed by atoms with Gasteiger partial charge in [-0.15, -0.1) is 0 Å². The van der Waals surface area contributed by atoms with Crippen LogP contribution in [0.2, 0.25) is 0 Å². The predicted molar refractivity (Wildman–Crippen MR) is 57.8 cm³/mol.